The summed E-state index contributed by atoms with van der Waals surface area (Å²) in [6, 6.07) is 0. The van der Waals surface area contributed by atoms with Crippen LogP contribution in [0.1, 0.15) is 58.9 Å². The van der Waals surface area contributed by atoms with Gasteiger partial charge in [-0.15, -0.1) is 0 Å². The van der Waals surface area contributed by atoms with Crippen LogP contribution in [0.25, 0.3) is 11.2 Å². The van der Waals surface area contributed by atoms with Crippen molar-refractivity contribution in [1.82, 2.24) is 19.7 Å². The Morgan fingerprint density at radius 3 is 2.57 bits per heavy atom. The maximum atomic E-state index is 5.88. The van der Waals surface area contributed by atoms with Gasteiger partial charge in [0.05, 0.1) is 11.9 Å². The van der Waals surface area contributed by atoms with Crippen LogP contribution in [0.3, 0.4) is 0 Å². The number of hydrogen-bond acceptors (Lipinski definition) is 4. The van der Waals surface area contributed by atoms with Crippen LogP contribution in [-0.2, 0) is 4.74 Å². The molecule has 5 nitrogen and oxygen atoms in total. The molecule has 1 unspecified atom stereocenters. The lowest BCUT2D eigenvalue weighted by atomic mass is 10.2. The number of hydrogen-bond donors (Lipinski definition) is 0. The fourth-order valence-electron chi connectivity index (χ4n) is 2.15. The number of aromatic nitrogens is 4. The van der Waals surface area contributed by atoms with E-state index in [9.17, 15) is 0 Å². The minimum Gasteiger partial charge on any atom is -0.356 e. The van der Waals surface area contributed by atoms with Crippen molar-refractivity contribution < 1.29 is 4.74 Å². The molecule has 1 atom stereocenters. The van der Waals surface area contributed by atoms with Crippen molar-refractivity contribution in [3.63, 3.8) is 0 Å². The second-order valence-electron chi connectivity index (χ2n) is 4.22. The molecule has 0 bridgehead atoms. The van der Waals surface area contributed by atoms with Gasteiger partial charge in [-0.3, -0.25) is 0 Å². The van der Waals surface area contributed by atoms with Crippen molar-refractivity contribution in [3.05, 3.63) is 17.0 Å². The van der Waals surface area contributed by atoms with Crippen LogP contribution < -0.4 is 0 Å². The fraction of sp³-hybridized carbons (Fsp3) is 0.667. The molecular formula is C15H25ClN4O. The van der Waals surface area contributed by atoms with E-state index in [0.717, 1.165) is 37.1 Å². The van der Waals surface area contributed by atoms with E-state index in [0.29, 0.717) is 10.8 Å². The Morgan fingerprint density at radius 2 is 1.95 bits per heavy atom. The molecule has 2 aromatic rings. The van der Waals surface area contributed by atoms with Gasteiger partial charge in [0.15, 0.2) is 11.9 Å². The first-order valence-corrected chi connectivity index (χ1v) is 8.12. The Kier molecular flexibility index (Phi) is 7.61. The lowest BCUT2D eigenvalue weighted by Gasteiger charge is -2.22. The summed E-state index contributed by atoms with van der Waals surface area (Å²) in [6.07, 6.45) is 4.74. The Morgan fingerprint density at radius 1 is 1.24 bits per heavy atom. The lowest BCUT2D eigenvalue weighted by molar-refractivity contribution is -0.0371. The molecule has 1 aliphatic heterocycles. The van der Waals surface area contributed by atoms with Crippen LogP contribution in [0.4, 0.5) is 0 Å². The van der Waals surface area contributed by atoms with E-state index in [2.05, 4.69) is 15.1 Å². The zero-order valence-corrected chi connectivity index (χ0v) is 14.3. The number of rotatable bonds is 1. The van der Waals surface area contributed by atoms with Gasteiger partial charge in [-0.05, 0) is 26.2 Å². The molecule has 3 heterocycles. The van der Waals surface area contributed by atoms with Gasteiger partial charge in [0.1, 0.15) is 10.7 Å². The van der Waals surface area contributed by atoms with Gasteiger partial charge >= 0.3 is 0 Å². The molecular weight excluding hydrogens is 288 g/mol. The van der Waals surface area contributed by atoms with E-state index in [1.807, 2.05) is 39.3 Å². The molecule has 1 saturated heterocycles. The van der Waals surface area contributed by atoms with Gasteiger partial charge in [0, 0.05) is 6.61 Å². The first-order valence-electron chi connectivity index (χ1n) is 7.74. The minimum atomic E-state index is -0.0345. The Bertz CT molecular complexity index is 550. The predicted molar refractivity (Wildman–Crippen MR) is 86.6 cm³/mol. The maximum Gasteiger partial charge on any atom is 0.181 e. The third-order valence-corrected chi connectivity index (χ3v) is 3.15. The molecule has 6 heteroatoms. The number of aryl methyl sites for hydroxylation is 1. The molecule has 3 rings (SSSR count). The van der Waals surface area contributed by atoms with E-state index >= 15 is 0 Å². The molecule has 0 radical (unpaired) electrons. The highest BCUT2D eigenvalue weighted by Gasteiger charge is 2.21. The summed E-state index contributed by atoms with van der Waals surface area (Å²) in [4.78, 5) is 8.56. The maximum absolute atomic E-state index is 5.88. The molecule has 0 amide bonds. The van der Waals surface area contributed by atoms with Crippen molar-refractivity contribution >= 4 is 22.8 Å². The summed E-state index contributed by atoms with van der Waals surface area (Å²) >= 11 is 5.88. The number of ether oxygens (including phenoxy) is 1. The van der Waals surface area contributed by atoms with E-state index in [4.69, 9.17) is 16.3 Å². The van der Waals surface area contributed by atoms with Crippen molar-refractivity contribution in [2.24, 2.45) is 0 Å². The quantitative estimate of drug-likeness (QED) is 0.775. The normalized spacial score (nSPS) is 17.5. The average molecular weight is 313 g/mol. The SMILES string of the molecule is CC.CC.Cc1nn(C2CCCCO2)c2nc(Cl)cnc12. The number of halogens is 1. The summed E-state index contributed by atoms with van der Waals surface area (Å²) in [5.74, 6) is 0. The fourth-order valence-corrected chi connectivity index (χ4v) is 2.28. The monoisotopic (exact) mass is 312 g/mol. The molecule has 2 aromatic heterocycles. The van der Waals surface area contributed by atoms with Gasteiger partial charge in [-0.25, -0.2) is 14.6 Å². The summed E-state index contributed by atoms with van der Waals surface area (Å²) in [5, 5.41) is 4.85. The Labute approximate surface area is 131 Å². The third-order valence-electron chi connectivity index (χ3n) is 2.97. The van der Waals surface area contributed by atoms with Crippen molar-refractivity contribution in [3.8, 4) is 0 Å². The van der Waals surface area contributed by atoms with Crippen molar-refractivity contribution in [2.75, 3.05) is 6.61 Å². The van der Waals surface area contributed by atoms with Crippen LogP contribution in [0, 0.1) is 6.92 Å². The highest BCUT2D eigenvalue weighted by Crippen LogP contribution is 2.26. The van der Waals surface area contributed by atoms with Crippen LogP contribution in [0.2, 0.25) is 5.15 Å². The molecule has 118 valence electrons. The molecule has 1 aliphatic rings. The smallest absolute Gasteiger partial charge is 0.181 e. The second-order valence-corrected chi connectivity index (χ2v) is 4.60. The molecule has 0 saturated carbocycles. The largest absolute Gasteiger partial charge is 0.356 e. The van der Waals surface area contributed by atoms with Crippen molar-refractivity contribution in [2.45, 2.75) is 60.1 Å². The molecule has 0 aliphatic carbocycles. The van der Waals surface area contributed by atoms with Crippen LogP contribution >= 0.6 is 11.6 Å². The van der Waals surface area contributed by atoms with E-state index < -0.39 is 0 Å². The summed E-state index contributed by atoms with van der Waals surface area (Å²) in [5.41, 5.74) is 2.36. The summed E-state index contributed by atoms with van der Waals surface area (Å²) < 4.78 is 7.52. The van der Waals surface area contributed by atoms with Crippen LogP contribution in [0.5, 0.6) is 0 Å². The van der Waals surface area contributed by atoms with Gasteiger partial charge in [0.25, 0.3) is 0 Å². The Hall–Kier alpha value is -1.20. The van der Waals surface area contributed by atoms with Gasteiger partial charge in [-0.2, -0.15) is 5.10 Å². The van der Waals surface area contributed by atoms with Crippen molar-refractivity contribution in [1.29, 1.82) is 0 Å². The third kappa shape index (κ3) is 4.14. The molecule has 21 heavy (non-hydrogen) atoms. The van der Waals surface area contributed by atoms with Gasteiger partial charge in [-0.1, -0.05) is 39.3 Å². The zero-order chi connectivity index (χ0) is 15.8. The number of fused-ring (bicyclic) bond motifs is 1. The topological polar surface area (TPSA) is 52.8 Å². The Balaban J connectivity index is 0.000000510. The first-order chi connectivity index (χ1) is 10.3. The lowest BCUT2D eigenvalue weighted by Crippen LogP contribution is -2.19. The summed E-state index contributed by atoms with van der Waals surface area (Å²) in [6.45, 7) is 10.7. The zero-order valence-electron chi connectivity index (χ0n) is 13.6. The summed E-state index contributed by atoms with van der Waals surface area (Å²) in [7, 11) is 0. The minimum absolute atomic E-state index is 0.0345. The predicted octanol–water partition coefficient (Wildman–Crippen LogP) is 4.54. The molecule has 0 spiro atoms. The van der Waals surface area contributed by atoms with Gasteiger partial charge < -0.3 is 4.74 Å². The number of nitrogens with zero attached hydrogens (tertiary/aromatic N) is 4. The van der Waals surface area contributed by atoms with Crippen LogP contribution in [0.15, 0.2) is 6.20 Å². The van der Waals surface area contributed by atoms with Gasteiger partial charge in [0.2, 0.25) is 0 Å². The average Bonchev–Trinajstić information content (AvgIpc) is 2.88. The molecule has 1 fully saturated rings. The van der Waals surface area contributed by atoms with Crippen LogP contribution in [-0.4, -0.2) is 26.4 Å². The van der Waals surface area contributed by atoms with E-state index in [1.54, 1.807) is 6.20 Å². The standard InChI is InChI=1S/C11H13ClN4O.2C2H6/c1-7-10-11(14-8(12)6-13-10)16(15-7)9-4-2-3-5-17-9;2*1-2/h6,9H,2-5H2,1H3;2*1-2H3. The van der Waals surface area contributed by atoms with E-state index in [-0.39, 0.29) is 6.23 Å². The molecule has 0 N–H and O–H groups in total. The molecule has 0 aromatic carbocycles. The second kappa shape index (κ2) is 8.95. The highest BCUT2D eigenvalue weighted by atomic mass is 35.5. The highest BCUT2D eigenvalue weighted by molar-refractivity contribution is 6.29. The first kappa shape index (κ1) is 17.9. The van der Waals surface area contributed by atoms with E-state index in [1.165, 1.54) is 0 Å².